The zero-order valence-corrected chi connectivity index (χ0v) is 19.3. The van der Waals surface area contributed by atoms with Gasteiger partial charge in [0.1, 0.15) is 0 Å². The Morgan fingerprint density at radius 1 is 0.886 bits per heavy atom. The van der Waals surface area contributed by atoms with Crippen molar-refractivity contribution in [1.29, 1.82) is 0 Å². The second kappa shape index (κ2) is 9.58. The van der Waals surface area contributed by atoms with Crippen molar-refractivity contribution in [3.63, 3.8) is 0 Å². The number of anilines is 2. The summed E-state index contributed by atoms with van der Waals surface area (Å²) in [7, 11) is 0. The van der Waals surface area contributed by atoms with Crippen molar-refractivity contribution in [1.82, 2.24) is 4.90 Å². The average Bonchev–Trinajstić information content (AvgIpc) is 3.43. The van der Waals surface area contributed by atoms with E-state index in [-0.39, 0.29) is 17.2 Å². The first-order valence-electron chi connectivity index (χ1n) is 11.8. The summed E-state index contributed by atoms with van der Waals surface area (Å²) in [6, 6.07) is 19.3. The molecule has 0 bridgehead atoms. The van der Waals surface area contributed by atoms with Crippen molar-refractivity contribution >= 4 is 28.9 Å². The minimum atomic E-state index is -0.533. The van der Waals surface area contributed by atoms with E-state index >= 15 is 0 Å². The van der Waals surface area contributed by atoms with E-state index in [4.69, 9.17) is 0 Å². The lowest BCUT2D eigenvalue weighted by atomic mass is 9.98. The van der Waals surface area contributed by atoms with Crippen molar-refractivity contribution in [3.8, 4) is 0 Å². The number of fused-ring (bicyclic) bond motifs is 1. The first kappa shape index (κ1) is 22.6. The van der Waals surface area contributed by atoms with Gasteiger partial charge in [0.15, 0.2) is 0 Å². The molecule has 0 radical (unpaired) electrons. The fraction of sp³-hybridized carbons (Fsp3) is 0.259. The molecule has 2 amide bonds. The summed E-state index contributed by atoms with van der Waals surface area (Å²) < 4.78 is 0. The lowest BCUT2D eigenvalue weighted by molar-refractivity contribution is -0.384. The van der Waals surface area contributed by atoms with Crippen LogP contribution in [0, 0.1) is 10.1 Å². The predicted octanol–water partition coefficient (Wildman–Crippen LogP) is 4.65. The summed E-state index contributed by atoms with van der Waals surface area (Å²) in [5.41, 5.74) is 4.50. The summed E-state index contributed by atoms with van der Waals surface area (Å²) >= 11 is 0. The van der Waals surface area contributed by atoms with Crippen LogP contribution in [0.1, 0.15) is 44.7 Å². The van der Waals surface area contributed by atoms with Crippen LogP contribution >= 0.6 is 0 Å². The minimum absolute atomic E-state index is 0.0391. The first-order chi connectivity index (χ1) is 17.0. The average molecular weight is 471 g/mol. The molecule has 5 rings (SSSR count). The van der Waals surface area contributed by atoms with Gasteiger partial charge >= 0.3 is 0 Å². The topological polar surface area (TPSA) is 95.8 Å². The molecule has 2 heterocycles. The van der Waals surface area contributed by atoms with Gasteiger partial charge in [-0.25, -0.2) is 0 Å². The maximum Gasteiger partial charge on any atom is 0.270 e. The van der Waals surface area contributed by atoms with Gasteiger partial charge < -0.3 is 15.1 Å². The van der Waals surface area contributed by atoms with E-state index in [1.54, 1.807) is 12.1 Å². The number of nitrogens with zero attached hydrogens (tertiary/aromatic N) is 3. The fourth-order valence-electron chi connectivity index (χ4n) is 4.82. The van der Waals surface area contributed by atoms with E-state index in [9.17, 15) is 19.7 Å². The molecule has 0 aromatic heterocycles. The highest BCUT2D eigenvalue weighted by atomic mass is 16.6. The fourth-order valence-corrected chi connectivity index (χ4v) is 4.82. The molecule has 0 aliphatic carbocycles. The Hall–Kier alpha value is -4.20. The third-order valence-electron chi connectivity index (χ3n) is 6.67. The number of nitro benzene ring substituents is 1. The van der Waals surface area contributed by atoms with Gasteiger partial charge in [0.05, 0.1) is 10.5 Å². The van der Waals surface area contributed by atoms with Gasteiger partial charge in [-0.05, 0) is 54.7 Å². The maximum atomic E-state index is 13.5. The van der Waals surface area contributed by atoms with Gasteiger partial charge in [-0.15, -0.1) is 0 Å². The van der Waals surface area contributed by atoms with Gasteiger partial charge in [0.25, 0.3) is 17.5 Å². The quantitative estimate of drug-likeness (QED) is 0.433. The molecule has 0 spiro atoms. The SMILES string of the molecule is O=C(Nc1ccc(N2CCc3ccccc3C2)c(C(=O)N2CCCC2)c1)c1cccc([N+](=O)[O-])c1. The Balaban J connectivity index is 1.45. The van der Waals surface area contributed by atoms with Crippen LogP contribution in [0.15, 0.2) is 66.7 Å². The highest BCUT2D eigenvalue weighted by molar-refractivity contribution is 6.06. The smallest absolute Gasteiger partial charge is 0.270 e. The number of non-ortho nitro benzene ring substituents is 1. The number of carbonyl (C=O) groups excluding carboxylic acids is 2. The zero-order valence-electron chi connectivity index (χ0n) is 19.3. The van der Waals surface area contributed by atoms with Crippen molar-refractivity contribution in [2.75, 3.05) is 29.9 Å². The molecule has 3 aromatic rings. The molecule has 2 aliphatic heterocycles. The second-order valence-electron chi connectivity index (χ2n) is 8.93. The third kappa shape index (κ3) is 4.73. The Bertz CT molecular complexity index is 1300. The Labute approximate surface area is 203 Å². The monoisotopic (exact) mass is 470 g/mol. The highest BCUT2D eigenvalue weighted by Crippen LogP contribution is 2.31. The number of rotatable bonds is 5. The lowest BCUT2D eigenvalue weighted by Crippen LogP contribution is -2.34. The van der Waals surface area contributed by atoms with Gasteiger partial charge in [-0.1, -0.05) is 30.3 Å². The van der Waals surface area contributed by atoms with Crippen LogP contribution in [0.2, 0.25) is 0 Å². The molecular weight excluding hydrogens is 444 g/mol. The van der Waals surface area contributed by atoms with E-state index in [1.807, 2.05) is 17.0 Å². The number of carbonyl (C=O) groups is 2. The normalized spacial score (nSPS) is 15.0. The lowest BCUT2D eigenvalue weighted by Gasteiger charge is -2.33. The van der Waals surface area contributed by atoms with Crippen LogP contribution in [0.4, 0.5) is 17.1 Å². The predicted molar refractivity (Wildman–Crippen MR) is 134 cm³/mol. The summed E-state index contributed by atoms with van der Waals surface area (Å²) in [6.45, 7) is 2.98. The highest BCUT2D eigenvalue weighted by Gasteiger charge is 2.26. The molecular formula is C27H26N4O4. The maximum absolute atomic E-state index is 13.5. The Morgan fingerprint density at radius 2 is 1.66 bits per heavy atom. The number of hydrogen-bond acceptors (Lipinski definition) is 5. The van der Waals surface area contributed by atoms with Gasteiger partial charge in [0, 0.05) is 55.2 Å². The standard InChI is InChI=1S/C27H26N4O4/c32-26(20-8-5-9-23(16-20)31(34)35)28-22-10-11-25(24(17-22)27(33)29-13-3-4-14-29)30-15-12-19-6-1-2-7-21(19)18-30/h1-2,5-11,16-17H,3-4,12-15,18H2,(H,28,32). The van der Waals surface area contributed by atoms with Crippen molar-refractivity contribution in [2.24, 2.45) is 0 Å². The number of hydrogen-bond donors (Lipinski definition) is 1. The first-order valence-corrected chi connectivity index (χ1v) is 11.8. The van der Waals surface area contributed by atoms with Crippen LogP contribution in [-0.4, -0.2) is 41.3 Å². The van der Waals surface area contributed by atoms with Gasteiger partial charge in [-0.3, -0.25) is 19.7 Å². The third-order valence-corrected chi connectivity index (χ3v) is 6.67. The van der Waals surface area contributed by atoms with Crippen molar-refractivity contribution in [3.05, 3.63) is 99.1 Å². The van der Waals surface area contributed by atoms with Gasteiger partial charge in [0.2, 0.25) is 0 Å². The summed E-state index contributed by atoms with van der Waals surface area (Å²) in [5.74, 6) is -0.504. The van der Waals surface area contributed by atoms with Crippen LogP contribution in [0.3, 0.4) is 0 Å². The number of likely N-dealkylation sites (tertiary alicyclic amines) is 1. The summed E-state index contributed by atoms with van der Waals surface area (Å²) in [4.78, 5) is 40.9. The molecule has 2 aliphatic rings. The summed E-state index contributed by atoms with van der Waals surface area (Å²) in [6.07, 6.45) is 2.88. The van der Waals surface area contributed by atoms with Crippen molar-refractivity contribution < 1.29 is 14.5 Å². The molecule has 35 heavy (non-hydrogen) atoms. The van der Waals surface area contributed by atoms with Crippen molar-refractivity contribution in [2.45, 2.75) is 25.8 Å². The number of benzene rings is 3. The van der Waals surface area contributed by atoms with E-state index in [0.29, 0.717) is 11.3 Å². The molecule has 8 nitrogen and oxygen atoms in total. The molecule has 3 aromatic carbocycles. The number of amides is 2. The van der Waals surface area contributed by atoms with Crippen LogP contribution in [-0.2, 0) is 13.0 Å². The second-order valence-corrected chi connectivity index (χ2v) is 8.93. The molecule has 1 fully saturated rings. The minimum Gasteiger partial charge on any atom is -0.366 e. The largest absolute Gasteiger partial charge is 0.366 e. The van der Waals surface area contributed by atoms with E-state index < -0.39 is 10.8 Å². The molecule has 0 unspecified atom stereocenters. The van der Waals surface area contributed by atoms with E-state index in [0.717, 1.165) is 51.1 Å². The van der Waals surface area contributed by atoms with E-state index in [1.165, 1.54) is 35.4 Å². The Kier molecular flexibility index (Phi) is 6.18. The molecule has 1 N–H and O–H groups in total. The van der Waals surface area contributed by atoms with Crippen LogP contribution in [0.25, 0.3) is 0 Å². The van der Waals surface area contributed by atoms with Crippen LogP contribution < -0.4 is 10.2 Å². The molecule has 8 heteroatoms. The van der Waals surface area contributed by atoms with E-state index in [2.05, 4.69) is 28.4 Å². The van der Waals surface area contributed by atoms with Gasteiger partial charge in [-0.2, -0.15) is 0 Å². The summed E-state index contributed by atoms with van der Waals surface area (Å²) in [5, 5.41) is 13.9. The molecule has 0 saturated carbocycles. The van der Waals surface area contributed by atoms with Crippen LogP contribution in [0.5, 0.6) is 0 Å². The zero-order chi connectivity index (χ0) is 24.4. The molecule has 1 saturated heterocycles. The number of nitrogens with one attached hydrogen (secondary N) is 1. The molecule has 0 atom stereocenters. The Morgan fingerprint density at radius 3 is 2.43 bits per heavy atom. The molecule has 178 valence electrons. The number of nitro groups is 1.